The Morgan fingerprint density at radius 3 is 2.77 bits per heavy atom. The van der Waals surface area contributed by atoms with E-state index < -0.39 is 0 Å². The van der Waals surface area contributed by atoms with Crippen LogP contribution in [-0.4, -0.2) is 35.1 Å². The summed E-state index contributed by atoms with van der Waals surface area (Å²) in [6.07, 6.45) is 8.65. The Kier molecular flexibility index (Phi) is 3.68. The van der Waals surface area contributed by atoms with E-state index in [9.17, 15) is 4.39 Å². The molecule has 0 spiro atoms. The van der Waals surface area contributed by atoms with E-state index in [1.807, 2.05) is 18.2 Å². The van der Waals surface area contributed by atoms with Gasteiger partial charge < -0.3 is 4.98 Å². The molecule has 0 unspecified atom stereocenters. The molecule has 6 rings (SSSR count). The zero-order chi connectivity index (χ0) is 20.1. The zero-order valence-electron chi connectivity index (χ0n) is 15.3. The highest BCUT2D eigenvalue weighted by atomic mass is 32.1. The van der Waals surface area contributed by atoms with E-state index in [1.165, 1.54) is 6.07 Å². The van der Waals surface area contributed by atoms with Crippen LogP contribution in [-0.2, 0) is 0 Å². The van der Waals surface area contributed by atoms with Gasteiger partial charge >= 0.3 is 0 Å². The van der Waals surface area contributed by atoms with Crippen molar-refractivity contribution in [1.29, 1.82) is 0 Å². The molecule has 6 aromatic heterocycles. The van der Waals surface area contributed by atoms with E-state index in [4.69, 9.17) is 4.98 Å². The second kappa shape index (κ2) is 6.53. The monoisotopic (exact) mass is 413 g/mol. The first kappa shape index (κ1) is 16.9. The van der Waals surface area contributed by atoms with Crippen LogP contribution >= 0.6 is 11.3 Å². The lowest BCUT2D eigenvalue weighted by atomic mass is 10.1. The predicted octanol–water partition coefficient (Wildman–Crippen LogP) is 4.83. The lowest BCUT2D eigenvalue weighted by Gasteiger charge is -2.00. The summed E-state index contributed by atoms with van der Waals surface area (Å²) in [6, 6.07) is 8.98. The Hall–Kier alpha value is -3.98. The molecule has 0 saturated heterocycles. The van der Waals surface area contributed by atoms with Crippen molar-refractivity contribution in [3.05, 3.63) is 66.4 Å². The zero-order valence-corrected chi connectivity index (χ0v) is 16.1. The van der Waals surface area contributed by atoms with E-state index in [0.717, 1.165) is 55.0 Å². The van der Waals surface area contributed by atoms with Gasteiger partial charge in [-0.1, -0.05) is 0 Å². The molecule has 0 aliphatic heterocycles. The first-order chi connectivity index (χ1) is 14.8. The molecule has 30 heavy (non-hydrogen) atoms. The summed E-state index contributed by atoms with van der Waals surface area (Å²) in [7, 11) is 0. The molecule has 0 saturated carbocycles. The van der Waals surface area contributed by atoms with Crippen LogP contribution in [0.5, 0.6) is 0 Å². The second-order valence-corrected chi connectivity index (χ2v) is 7.74. The summed E-state index contributed by atoms with van der Waals surface area (Å²) in [5, 5.41) is 8.10. The topological polar surface area (TPSA) is 96.0 Å². The minimum atomic E-state index is -0.244. The Balaban J connectivity index is 1.52. The van der Waals surface area contributed by atoms with Crippen LogP contribution < -0.4 is 0 Å². The van der Waals surface area contributed by atoms with Crippen molar-refractivity contribution in [3.63, 3.8) is 0 Å². The number of imidazole rings is 1. The van der Waals surface area contributed by atoms with Crippen LogP contribution in [0.25, 0.3) is 55.2 Å². The fraction of sp³-hybridized carbons (Fsp3) is 0. The van der Waals surface area contributed by atoms with Gasteiger partial charge in [0.25, 0.3) is 0 Å². The summed E-state index contributed by atoms with van der Waals surface area (Å²) in [6.45, 7) is 0. The van der Waals surface area contributed by atoms with Gasteiger partial charge in [-0.05, 0) is 30.3 Å². The lowest BCUT2D eigenvalue weighted by Crippen LogP contribution is -1.85. The maximum Gasteiger partial charge on any atom is 0.176 e. The number of aromatic amines is 2. The van der Waals surface area contributed by atoms with Crippen molar-refractivity contribution in [3.8, 4) is 33.2 Å². The van der Waals surface area contributed by atoms with Gasteiger partial charge in [0.05, 0.1) is 29.1 Å². The molecule has 0 aliphatic rings. The van der Waals surface area contributed by atoms with Crippen molar-refractivity contribution in [2.75, 3.05) is 0 Å². The highest BCUT2D eigenvalue weighted by Gasteiger charge is 2.17. The second-order valence-electron chi connectivity index (χ2n) is 6.70. The number of pyridine rings is 3. The number of hydrogen-bond acceptors (Lipinski definition) is 6. The fourth-order valence-electron chi connectivity index (χ4n) is 3.45. The maximum atomic E-state index is 13.5. The van der Waals surface area contributed by atoms with E-state index in [1.54, 1.807) is 37.1 Å². The molecule has 0 atom stereocenters. The van der Waals surface area contributed by atoms with Crippen molar-refractivity contribution in [1.82, 2.24) is 35.1 Å². The Morgan fingerprint density at radius 1 is 0.967 bits per heavy atom. The normalized spacial score (nSPS) is 11.5. The van der Waals surface area contributed by atoms with Crippen molar-refractivity contribution >= 4 is 33.3 Å². The van der Waals surface area contributed by atoms with Crippen LogP contribution in [0.15, 0.2) is 61.3 Å². The lowest BCUT2D eigenvalue weighted by molar-refractivity contribution is 0.657. The third-order valence-electron chi connectivity index (χ3n) is 4.86. The Labute approximate surface area is 172 Å². The Morgan fingerprint density at radius 2 is 1.93 bits per heavy atom. The number of aromatic nitrogens is 7. The van der Waals surface area contributed by atoms with Gasteiger partial charge in [0, 0.05) is 40.0 Å². The fourth-order valence-corrected chi connectivity index (χ4v) is 4.20. The first-order valence-corrected chi connectivity index (χ1v) is 9.92. The molecule has 0 bridgehead atoms. The standard InChI is InChI=1S/C21H12FN7S/c22-18-4-3-17(30-18)13-8-24-9-16-19(13)27-21(26-16)20-12-6-14(11-2-1-5-23-7-11)25-10-15(12)28-29-20/h1-10H,(H,26,27)(H,28,29). The van der Waals surface area contributed by atoms with Gasteiger partial charge in [-0.25, -0.2) is 4.98 Å². The molecule has 7 nitrogen and oxygen atoms in total. The van der Waals surface area contributed by atoms with Crippen LogP contribution in [0.1, 0.15) is 0 Å². The van der Waals surface area contributed by atoms with E-state index >= 15 is 0 Å². The van der Waals surface area contributed by atoms with E-state index in [2.05, 4.69) is 30.1 Å². The van der Waals surface area contributed by atoms with Gasteiger partial charge in [0.2, 0.25) is 0 Å². The summed E-state index contributed by atoms with van der Waals surface area (Å²) < 4.78 is 13.5. The van der Waals surface area contributed by atoms with E-state index in [-0.39, 0.29) is 5.13 Å². The average Bonchev–Trinajstić information content (AvgIpc) is 3.51. The van der Waals surface area contributed by atoms with Crippen LogP contribution in [0.3, 0.4) is 0 Å². The third-order valence-corrected chi connectivity index (χ3v) is 5.77. The molecule has 0 aromatic carbocycles. The first-order valence-electron chi connectivity index (χ1n) is 9.10. The minimum absolute atomic E-state index is 0.244. The smallest absolute Gasteiger partial charge is 0.176 e. The summed E-state index contributed by atoms with van der Waals surface area (Å²) >= 11 is 1.07. The molecule has 0 aliphatic carbocycles. The van der Waals surface area contributed by atoms with Crippen LogP contribution in [0.2, 0.25) is 0 Å². The number of nitrogens with one attached hydrogen (secondary N) is 2. The van der Waals surface area contributed by atoms with Gasteiger partial charge in [-0.2, -0.15) is 9.49 Å². The number of halogens is 1. The number of H-pyrrole nitrogens is 2. The number of thiophene rings is 1. The molecule has 2 N–H and O–H groups in total. The van der Waals surface area contributed by atoms with Crippen LogP contribution in [0.4, 0.5) is 4.39 Å². The number of hydrogen-bond donors (Lipinski definition) is 2. The number of nitrogens with zero attached hydrogens (tertiary/aromatic N) is 5. The summed E-state index contributed by atoms with van der Waals surface area (Å²) in [5.74, 6) is 0.603. The SMILES string of the molecule is Fc1ccc(-c2cncc3[nH]c(-c4n[nH]c5cnc(-c6cccnc6)cc45)nc23)s1. The Bertz CT molecular complexity index is 1520. The van der Waals surface area contributed by atoms with Crippen molar-refractivity contribution in [2.45, 2.75) is 0 Å². The predicted molar refractivity (Wildman–Crippen MR) is 113 cm³/mol. The quantitative estimate of drug-likeness (QED) is 0.433. The highest BCUT2D eigenvalue weighted by Crippen LogP contribution is 2.34. The minimum Gasteiger partial charge on any atom is -0.335 e. The average molecular weight is 413 g/mol. The van der Waals surface area contributed by atoms with Crippen molar-refractivity contribution in [2.24, 2.45) is 0 Å². The summed E-state index contributed by atoms with van der Waals surface area (Å²) in [4.78, 5) is 21.8. The maximum absolute atomic E-state index is 13.5. The van der Waals surface area contributed by atoms with Gasteiger partial charge in [-0.3, -0.25) is 20.1 Å². The molecular weight excluding hydrogens is 401 g/mol. The van der Waals surface area contributed by atoms with Crippen LogP contribution in [0, 0.1) is 5.13 Å². The van der Waals surface area contributed by atoms with E-state index in [0.29, 0.717) is 11.5 Å². The third kappa shape index (κ3) is 2.67. The molecule has 0 radical (unpaired) electrons. The largest absolute Gasteiger partial charge is 0.335 e. The molecule has 9 heteroatoms. The molecule has 0 fully saturated rings. The van der Waals surface area contributed by atoms with Gasteiger partial charge in [-0.15, -0.1) is 11.3 Å². The molecule has 6 heterocycles. The molecule has 6 aromatic rings. The van der Waals surface area contributed by atoms with Gasteiger partial charge in [0.1, 0.15) is 11.2 Å². The van der Waals surface area contributed by atoms with Crippen molar-refractivity contribution < 1.29 is 4.39 Å². The highest BCUT2D eigenvalue weighted by molar-refractivity contribution is 7.14. The van der Waals surface area contributed by atoms with Gasteiger partial charge in [0.15, 0.2) is 11.0 Å². The molecular formula is C21H12FN7S. The number of fused-ring (bicyclic) bond motifs is 2. The molecule has 0 amide bonds. The summed E-state index contributed by atoms with van der Waals surface area (Å²) in [5.41, 5.74) is 5.46. The molecule has 144 valence electrons. The number of rotatable bonds is 3.